The zero-order chi connectivity index (χ0) is 18.5. The molecule has 2 N–H and O–H groups in total. The Morgan fingerprint density at radius 2 is 2.12 bits per heavy atom. The Balaban J connectivity index is 1.52. The van der Waals surface area contributed by atoms with Crippen LogP contribution < -0.4 is 15.5 Å². The van der Waals surface area contributed by atoms with Gasteiger partial charge in [0, 0.05) is 24.0 Å². The Bertz CT molecular complexity index is 796. The number of carbonyl (C=O) groups is 2. The van der Waals surface area contributed by atoms with Gasteiger partial charge in [-0.1, -0.05) is 6.07 Å². The van der Waals surface area contributed by atoms with Crippen LogP contribution in [0.3, 0.4) is 0 Å². The summed E-state index contributed by atoms with van der Waals surface area (Å²) < 4.78 is 27.5. The van der Waals surface area contributed by atoms with Gasteiger partial charge in [0.25, 0.3) is 0 Å². The second-order valence-electron chi connectivity index (χ2n) is 6.05. The lowest BCUT2D eigenvalue weighted by molar-refractivity contribution is -0.118. The second-order valence-corrected chi connectivity index (χ2v) is 7.09. The molecule has 1 aromatic carbocycles. The maximum atomic E-state index is 14.1. The first-order valence-electron chi connectivity index (χ1n) is 8.36. The van der Waals surface area contributed by atoms with Crippen molar-refractivity contribution in [2.24, 2.45) is 0 Å². The molecule has 0 radical (unpaired) electrons. The molecule has 1 aromatic heterocycles. The monoisotopic (exact) mass is 379 g/mol. The predicted octanol–water partition coefficient (Wildman–Crippen LogP) is 2.85. The van der Waals surface area contributed by atoms with Crippen LogP contribution in [0.2, 0.25) is 0 Å². The summed E-state index contributed by atoms with van der Waals surface area (Å²) >= 11 is 1.60. The second kappa shape index (κ2) is 8.27. The lowest BCUT2D eigenvalue weighted by Gasteiger charge is -2.31. The lowest BCUT2D eigenvalue weighted by atomic mass is 10.0. The largest absolute Gasteiger partial charge is 0.360 e. The SMILES string of the molecule is O=C(CN1CCCc2cc(F)cc(F)c21)NC(=O)NCCc1cccs1. The molecule has 0 bridgehead atoms. The Morgan fingerprint density at radius 1 is 1.27 bits per heavy atom. The molecule has 26 heavy (non-hydrogen) atoms. The molecule has 138 valence electrons. The molecule has 0 unspecified atom stereocenters. The molecule has 5 nitrogen and oxygen atoms in total. The van der Waals surface area contributed by atoms with E-state index in [1.54, 1.807) is 16.2 Å². The third-order valence-corrected chi connectivity index (χ3v) is 5.06. The van der Waals surface area contributed by atoms with Crippen molar-refractivity contribution in [2.45, 2.75) is 19.3 Å². The molecule has 0 saturated heterocycles. The van der Waals surface area contributed by atoms with Crippen LogP contribution >= 0.6 is 11.3 Å². The van der Waals surface area contributed by atoms with E-state index in [1.165, 1.54) is 6.07 Å². The minimum atomic E-state index is -0.687. The van der Waals surface area contributed by atoms with Crippen molar-refractivity contribution >= 4 is 29.0 Å². The standard InChI is InChI=1S/C18H19F2N3O2S/c19-13-9-12-3-1-7-23(17(12)15(20)10-13)11-16(24)22-18(25)21-6-5-14-4-2-8-26-14/h2,4,8-10H,1,3,5-7,11H2,(H2,21,22,24,25). The number of nitrogens with one attached hydrogen (secondary N) is 2. The molecule has 3 rings (SSSR count). The van der Waals surface area contributed by atoms with Gasteiger partial charge in [0.15, 0.2) is 0 Å². The smallest absolute Gasteiger partial charge is 0.321 e. The van der Waals surface area contributed by atoms with Gasteiger partial charge in [-0.15, -0.1) is 11.3 Å². The van der Waals surface area contributed by atoms with Crippen molar-refractivity contribution in [1.29, 1.82) is 0 Å². The number of carbonyl (C=O) groups excluding carboxylic acids is 2. The number of thiophene rings is 1. The summed E-state index contributed by atoms with van der Waals surface area (Å²) in [4.78, 5) is 26.6. The van der Waals surface area contributed by atoms with Crippen LogP contribution in [0, 0.1) is 11.6 Å². The van der Waals surface area contributed by atoms with E-state index in [-0.39, 0.29) is 12.2 Å². The maximum Gasteiger partial charge on any atom is 0.321 e. The van der Waals surface area contributed by atoms with Crippen LogP contribution in [0.15, 0.2) is 29.6 Å². The summed E-state index contributed by atoms with van der Waals surface area (Å²) in [5, 5.41) is 6.82. The fourth-order valence-electron chi connectivity index (χ4n) is 3.03. The van der Waals surface area contributed by atoms with E-state index >= 15 is 0 Å². The zero-order valence-corrected chi connectivity index (χ0v) is 14.9. The molecule has 8 heteroatoms. The number of anilines is 1. The highest BCUT2D eigenvalue weighted by molar-refractivity contribution is 7.09. The van der Waals surface area contributed by atoms with Gasteiger partial charge in [0.1, 0.15) is 11.6 Å². The minimum Gasteiger partial charge on any atom is -0.360 e. The molecular weight excluding hydrogens is 360 g/mol. The average Bonchev–Trinajstić information content (AvgIpc) is 3.07. The molecule has 1 aliphatic rings. The number of benzene rings is 1. The van der Waals surface area contributed by atoms with E-state index in [4.69, 9.17) is 0 Å². The Morgan fingerprint density at radius 3 is 2.88 bits per heavy atom. The van der Waals surface area contributed by atoms with Crippen molar-refractivity contribution in [2.75, 3.05) is 24.5 Å². The van der Waals surface area contributed by atoms with Crippen LogP contribution in [-0.4, -0.2) is 31.6 Å². The molecule has 1 aliphatic heterocycles. The first-order valence-corrected chi connectivity index (χ1v) is 9.24. The van der Waals surface area contributed by atoms with Crippen LogP contribution in [0.4, 0.5) is 19.3 Å². The summed E-state index contributed by atoms with van der Waals surface area (Å²) in [7, 11) is 0. The van der Waals surface area contributed by atoms with E-state index in [2.05, 4.69) is 10.6 Å². The number of halogens is 2. The van der Waals surface area contributed by atoms with E-state index in [9.17, 15) is 18.4 Å². The van der Waals surface area contributed by atoms with Gasteiger partial charge in [-0.3, -0.25) is 10.1 Å². The van der Waals surface area contributed by atoms with E-state index in [0.717, 1.165) is 10.9 Å². The number of fused-ring (bicyclic) bond motifs is 1. The van der Waals surface area contributed by atoms with Gasteiger partial charge in [-0.05, 0) is 42.3 Å². The Hall–Kier alpha value is -2.48. The number of amides is 3. The van der Waals surface area contributed by atoms with Crippen molar-refractivity contribution in [3.05, 3.63) is 51.7 Å². The van der Waals surface area contributed by atoms with E-state index in [0.29, 0.717) is 37.9 Å². The topological polar surface area (TPSA) is 61.4 Å². The van der Waals surface area contributed by atoms with Gasteiger partial charge >= 0.3 is 6.03 Å². The number of nitrogens with zero attached hydrogens (tertiary/aromatic N) is 1. The number of imide groups is 1. The fraction of sp³-hybridized carbons (Fsp3) is 0.333. The number of rotatable bonds is 5. The number of urea groups is 1. The molecule has 3 amide bonds. The highest BCUT2D eigenvalue weighted by Crippen LogP contribution is 2.30. The third-order valence-electron chi connectivity index (χ3n) is 4.12. The van der Waals surface area contributed by atoms with Gasteiger partial charge in [0.2, 0.25) is 5.91 Å². The first kappa shape index (κ1) is 18.3. The highest BCUT2D eigenvalue weighted by Gasteiger charge is 2.24. The Labute approximate surface area is 154 Å². The van der Waals surface area contributed by atoms with E-state index < -0.39 is 23.6 Å². The third kappa shape index (κ3) is 4.57. The maximum absolute atomic E-state index is 14.1. The summed E-state index contributed by atoms with van der Waals surface area (Å²) in [5.41, 5.74) is 0.785. The van der Waals surface area contributed by atoms with Crippen molar-refractivity contribution in [3.8, 4) is 0 Å². The molecule has 0 fully saturated rings. The zero-order valence-electron chi connectivity index (χ0n) is 14.1. The van der Waals surface area contributed by atoms with Crippen LogP contribution in [0.1, 0.15) is 16.9 Å². The molecule has 0 spiro atoms. The van der Waals surface area contributed by atoms with E-state index in [1.807, 2.05) is 17.5 Å². The number of hydrogen-bond acceptors (Lipinski definition) is 4. The predicted molar refractivity (Wildman–Crippen MR) is 96.5 cm³/mol. The molecule has 2 aromatic rings. The van der Waals surface area contributed by atoms with Crippen molar-refractivity contribution < 1.29 is 18.4 Å². The van der Waals surface area contributed by atoms with Crippen molar-refractivity contribution in [3.63, 3.8) is 0 Å². The molecule has 2 heterocycles. The molecular formula is C18H19F2N3O2S. The molecule has 0 aliphatic carbocycles. The van der Waals surface area contributed by atoms with Gasteiger partial charge in [0.05, 0.1) is 12.2 Å². The summed E-state index contributed by atoms with van der Waals surface area (Å²) in [6.45, 7) is 0.733. The number of aryl methyl sites for hydroxylation is 1. The summed E-state index contributed by atoms with van der Waals surface area (Å²) in [6.07, 6.45) is 1.94. The average molecular weight is 379 g/mol. The first-order chi connectivity index (χ1) is 12.5. The lowest BCUT2D eigenvalue weighted by Crippen LogP contribution is -2.46. The summed E-state index contributed by atoms with van der Waals surface area (Å²) in [6, 6.07) is 5.43. The van der Waals surface area contributed by atoms with Gasteiger partial charge in [-0.25, -0.2) is 13.6 Å². The highest BCUT2D eigenvalue weighted by atomic mass is 32.1. The van der Waals surface area contributed by atoms with Gasteiger partial charge in [-0.2, -0.15) is 0 Å². The van der Waals surface area contributed by atoms with Crippen LogP contribution in [-0.2, 0) is 17.6 Å². The fourth-order valence-corrected chi connectivity index (χ4v) is 3.74. The Kier molecular flexibility index (Phi) is 5.82. The van der Waals surface area contributed by atoms with Crippen molar-refractivity contribution in [1.82, 2.24) is 10.6 Å². The minimum absolute atomic E-state index is 0.159. The summed E-state index contributed by atoms with van der Waals surface area (Å²) in [5.74, 6) is -1.85. The van der Waals surface area contributed by atoms with Gasteiger partial charge < -0.3 is 10.2 Å². The van der Waals surface area contributed by atoms with Crippen LogP contribution in [0.25, 0.3) is 0 Å². The normalized spacial score (nSPS) is 13.2. The molecule has 0 atom stereocenters. The number of hydrogen-bond donors (Lipinski definition) is 2. The quantitative estimate of drug-likeness (QED) is 0.840. The molecule has 0 saturated carbocycles. The van der Waals surface area contributed by atoms with Crippen LogP contribution in [0.5, 0.6) is 0 Å².